The molecule has 0 amide bonds. The highest BCUT2D eigenvalue weighted by Crippen LogP contribution is 2.44. The molecule has 2 atom stereocenters. The molecule has 1 saturated carbocycles. The van der Waals surface area contributed by atoms with Crippen LogP contribution in [0.3, 0.4) is 0 Å². The molecule has 28 heavy (non-hydrogen) atoms. The lowest BCUT2D eigenvalue weighted by molar-refractivity contribution is -0.488. The average Bonchev–Trinajstić information content (AvgIpc) is 2.99. The van der Waals surface area contributed by atoms with Crippen LogP contribution in [0.2, 0.25) is 0 Å². The number of Topliss-reactive ketones (excluding diaryl/α,β-unsaturated/α-hetero) is 1. The molecule has 0 bridgehead atoms. The first-order valence-corrected chi connectivity index (χ1v) is 9.29. The minimum absolute atomic E-state index is 0.226. The quantitative estimate of drug-likeness (QED) is 0.305. The summed E-state index contributed by atoms with van der Waals surface area (Å²) in [5, 5.41) is 11.3. The minimum Gasteiger partial charge on any atom is -0.497 e. The SMILES string of the molecule is COc1ccc(/C=C/[C@H](C[N+](=O)[O-])[C@]2(C(=O)OC(C)(C)C)CCCC2=O)cc1. The van der Waals surface area contributed by atoms with Gasteiger partial charge in [-0.05, 0) is 51.3 Å². The van der Waals surface area contributed by atoms with Gasteiger partial charge in [0.15, 0.2) is 5.78 Å². The van der Waals surface area contributed by atoms with Gasteiger partial charge in [-0.3, -0.25) is 19.7 Å². The summed E-state index contributed by atoms with van der Waals surface area (Å²) in [6.07, 6.45) is 4.29. The van der Waals surface area contributed by atoms with E-state index in [1.165, 1.54) is 0 Å². The van der Waals surface area contributed by atoms with E-state index in [0.29, 0.717) is 12.2 Å². The maximum atomic E-state index is 13.0. The van der Waals surface area contributed by atoms with E-state index in [9.17, 15) is 19.7 Å². The Labute approximate surface area is 164 Å². The molecule has 1 aromatic rings. The summed E-state index contributed by atoms with van der Waals surface area (Å²) in [4.78, 5) is 36.6. The molecule has 0 radical (unpaired) electrons. The van der Waals surface area contributed by atoms with Gasteiger partial charge in [0.25, 0.3) is 0 Å². The van der Waals surface area contributed by atoms with Crippen LogP contribution in [0, 0.1) is 21.4 Å². The summed E-state index contributed by atoms with van der Waals surface area (Å²) in [7, 11) is 1.56. The van der Waals surface area contributed by atoms with Crippen molar-refractivity contribution >= 4 is 17.8 Å². The van der Waals surface area contributed by atoms with Crippen LogP contribution in [-0.2, 0) is 14.3 Å². The fourth-order valence-corrected chi connectivity index (χ4v) is 3.50. The average molecular weight is 389 g/mol. The largest absolute Gasteiger partial charge is 0.497 e. The first-order chi connectivity index (χ1) is 13.1. The van der Waals surface area contributed by atoms with Crippen molar-refractivity contribution in [3.05, 3.63) is 46.0 Å². The van der Waals surface area contributed by atoms with Crippen molar-refractivity contribution in [2.45, 2.75) is 45.6 Å². The number of carbonyl (C=O) groups is 2. The topological polar surface area (TPSA) is 95.7 Å². The highest BCUT2D eigenvalue weighted by atomic mass is 16.6. The van der Waals surface area contributed by atoms with Crippen molar-refractivity contribution < 1.29 is 24.0 Å². The first-order valence-electron chi connectivity index (χ1n) is 9.29. The van der Waals surface area contributed by atoms with Gasteiger partial charge in [0.2, 0.25) is 6.54 Å². The molecule has 0 saturated heterocycles. The lowest BCUT2D eigenvalue weighted by atomic mass is 9.72. The molecule has 0 heterocycles. The fraction of sp³-hybridized carbons (Fsp3) is 0.524. The third-order valence-electron chi connectivity index (χ3n) is 4.85. The van der Waals surface area contributed by atoms with Crippen LogP contribution in [-0.4, -0.2) is 35.9 Å². The van der Waals surface area contributed by atoms with Gasteiger partial charge in [-0.1, -0.05) is 24.3 Å². The van der Waals surface area contributed by atoms with Crippen LogP contribution < -0.4 is 4.74 Å². The van der Waals surface area contributed by atoms with E-state index in [2.05, 4.69) is 0 Å². The second kappa shape index (κ2) is 8.54. The van der Waals surface area contributed by atoms with Crippen LogP contribution >= 0.6 is 0 Å². The monoisotopic (exact) mass is 389 g/mol. The molecular weight excluding hydrogens is 362 g/mol. The van der Waals surface area contributed by atoms with Crippen LogP contribution in [0.5, 0.6) is 5.75 Å². The van der Waals surface area contributed by atoms with Gasteiger partial charge >= 0.3 is 5.97 Å². The molecule has 1 fully saturated rings. The van der Waals surface area contributed by atoms with Gasteiger partial charge in [-0.25, -0.2) is 0 Å². The Morgan fingerprint density at radius 1 is 1.32 bits per heavy atom. The molecule has 1 aliphatic carbocycles. The lowest BCUT2D eigenvalue weighted by Crippen LogP contribution is -2.47. The maximum absolute atomic E-state index is 13.0. The lowest BCUT2D eigenvalue weighted by Gasteiger charge is -2.33. The number of methoxy groups -OCH3 is 1. The normalized spacial score (nSPS) is 20.9. The van der Waals surface area contributed by atoms with E-state index in [1.54, 1.807) is 64.3 Å². The van der Waals surface area contributed by atoms with E-state index < -0.39 is 34.4 Å². The van der Waals surface area contributed by atoms with E-state index >= 15 is 0 Å². The number of hydrogen-bond donors (Lipinski definition) is 0. The van der Waals surface area contributed by atoms with Crippen LogP contribution in [0.1, 0.15) is 45.6 Å². The molecular formula is C21H27NO6. The Hall–Kier alpha value is -2.70. The van der Waals surface area contributed by atoms with Gasteiger partial charge in [-0.15, -0.1) is 0 Å². The molecule has 0 spiro atoms. The molecule has 2 rings (SSSR count). The zero-order chi connectivity index (χ0) is 20.9. The number of hydrogen-bond acceptors (Lipinski definition) is 6. The van der Waals surface area contributed by atoms with Gasteiger partial charge in [-0.2, -0.15) is 0 Å². The van der Waals surface area contributed by atoms with E-state index in [0.717, 1.165) is 5.56 Å². The number of esters is 1. The summed E-state index contributed by atoms with van der Waals surface area (Å²) in [5.74, 6) is -1.15. The smallest absolute Gasteiger partial charge is 0.321 e. The molecule has 1 aliphatic rings. The number of ether oxygens (including phenoxy) is 2. The molecule has 0 unspecified atom stereocenters. The van der Waals surface area contributed by atoms with E-state index in [4.69, 9.17) is 9.47 Å². The number of rotatable bonds is 7. The molecule has 152 valence electrons. The Kier molecular flexibility index (Phi) is 6.59. The van der Waals surface area contributed by atoms with Gasteiger partial charge in [0, 0.05) is 11.3 Å². The molecule has 0 N–H and O–H groups in total. The number of nitro groups is 1. The number of benzene rings is 1. The number of nitrogens with zero attached hydrogens (tertiary/aromatic N) is 1. The molecule has 1 aromatic carbocycles. The van der Waals surface area contributed by atoms with Crippen LogP contribution in [0.15, 0.2) is 30.3 Å². The Morgan fingerprint density at radius 3 is 2.43 bits per heavy atom. The molecule has 0 aromatic heterocycles. The fourth-order valence-electron chi connectivity index (χ4n) is 3.50. The summed E-state index contributed by atoms with van der Waals surface area (Å²) in [6.45, 7) is 4.63. The number of ketones is 1. The van der Waals surface area contributed by atoms with Gasteiger partial charge in [0.05, 0.1) is 13.0 Å². The van der Waals surface area contributed by atoms with Gasteiger partial charge in [0.1, 0.15) is 16.8 Å². The third-order valence-corrected chi connectivity index (χ3v) is 4.85. The molecule has 7 nitrogen and oxygen atoms in total. The zero-order valence-electron chi connectivity index (χ0n) is 16.8. The minimum atomic E-state index is -1.51. The molecule has 0 aliphatic heterocycles. The first kappa shape index (κ1) is 21.6. The van der Waals surface area contributed by atoms with Crippen molar-refractivity contribution in [3.63, 3.8) is 0 Å². The Morgan fingerprint density at radius 2 is 1.96 bits per heavy atom. The van der Waals surface area contributed by atoms with E-state index in [1.807, 2.05) is 0 Å². The Balaban J connectivity index is 2.40. The summed E-state index contributed by atoms with van der Waals surface area (Å²) < 4.78 is 10.6. The zero-order valence-corrected chi connectivity index (χ0v) is 16.8. The Bertz CT molecular complexity index is 762. The third kappa shape index (κ3) is 4.97. The highest BCUT2D eigenvalue weighted by Gasteiger charge is 2.56. The highest BCUT2D eigenvalue weighted by molar-refractivity contribution is 6.06. The van der Waals surface area contributed by atoms with Crippen molar-refractivity contribution in [3.8, 4) is 5.75 Å². The summed E-state index contributed by atoms with van der Waals surface area (Å²) in [6, 6.07) is 7.14. The predicted octanol–water partition coefficient (Wildman–Crippen LogP) is 3.68. The van der Waals surface area contributed by atoms with Crippen molar-refractivity contribution in [2.24, 2.45) is 11.3 Å². The second-order valence-electron chi connectivity index (χ2n) is 8.00. The molecule has 7 heteroatoms. The number of carbonyl (C=O) groups excluding carboxylic acids is 2. The van der Waals surface area contributed by atoms with Gasteiger partial charge < -0.3 is 9.47 Å². The summed E-state index contributed by atoms with van der Waals surface area (Å²) >= 11 is 0. The van der Waals surface area contributed by atoms with Crippen molar-refractivity contribution in [1.82, 2.24) is 0 Å². The van der Waals surface area contributed by atoms with Crippen LogP contribution in [0.4, 0.5) is 0 Å². The summed E-state index contributed by atoms with van der Waals surface area (Å²) in [5.41, 5.74) is -1.51. The maximum Gasteiger partial charge on any atom is 0.321 e. The van der Waals surface area contributed by atoms with Crippen LogP contribution in [0.25, 0.3) is 6.08 Å². The standard InChI is InChI=1S/C21H27NO6/c1-20(2,3)28-19(24)21(13-5-6-18(21)23)16(14-22(25)26)10-7-15-8-11-17(27-4)12-9-15/h7-12,16H,5-6,13-14H2,1-4H3/b10-7+/t16-,21-/m1/s1. The van der Waals surface area contributed by atoms with E-state index in [-0.39, 0.29) is 18.6 Å². The van der Waals surface area contributed by atoms with Crippen molar-refractivity contribution in [2.75, 3.05) is 13.7 Å². The second-order valence-corrected chi connectivity index (χ2v) is 8.00. The predicted molar refractivity (Wildman–Crippen MR) is 105 cm³/mol. The van der Waals surface area contributed by atoms with Crippen molar-refractivity contribution in [1.29, 1.82) is 0 Å².